The van der Waals surface area contributed by atoms with E-state index in [9.17, 15) is 22.8 Å². The zero-order valence-electron chi connectivity index (χ0n) is 19.0. The SMILES string of the molecule is C[C@H](CC(=O)O)NC(=O)C(CCS(C)(=O)=O)NC(=O)OCC1c2ccccc2-c2ccccc21. The van der Waals surface area contributed by atoms with Crippen molar-refractivity contribution < 1.29 is 32.6 Å². The van der Waals surface area contributed by atoms with E-state index in [1.54, 1.807) is 0 Å². The molecule has 2 aromatic carbocycles. The van der Waals surface area contributed by atoms with Gasteiger partial charge in [-0.3, -0.25) is 9.59 Å². The summed E-state index contributed by atoms with van der Waals surface area (Å²) in [6.07, 6.45) is -0.312. The number of benzene rings is 2. The fourth-order valence-electron chi connectivity index (χ4n) is 4.04. The lowest BCUT2D eigenvalue weighted by atomic mass is 9.98. The van der Waals surface area contributed by atoms with Crippen molar-refractivity contribution in [3.63, 3.8) is 0 Å². The summed E-state index contributed by atoms with van der Waals surface area (Å²) in [5, 5.41) is 13.8. The van der Waals surface area contributed by atoms with Crippen LogP contribution in [0.4, 0.5) is 4.79 Å². The maximum Gasteiger partial charge on any atom is 0.407 e. The van der Waals surface area contributed by atoms with Gasteiger partial charge in [0.05, 0.1) is 12.2 Å². The van der Waals surface area contributed by atoms with Crippen molar-refractivity contribution in [3.05, 3.63) is 59.7 Å². The maximum absolute atomic E-state index is 12.6. The Balaban J connectivity index is 1.67. The van der Waals surface area contributed by atoms with Crippen molar-refractivity contribution in [3.8, 4) is 11.1 Å². The van der Waals surface area contributed by atoms with Gasteiger partial charge < -0.3 is 20.5 Å². The minimum absolute atomic E-state index is 0.0374. The molecule has 2 amide bonds. The molecule has 0 saturated heterocycles. The number of carbonyl (C=O) groups excluding carboxylic acids is 2. The molecule has 1 aliphatic rings. The lowest BCUT2D eigenvalue weighted by Crippen LogP contribution is -2.50. The van der Waals surface area contributed by atoms with Crippen LogP contribution in [0.5, 0.6) is 0 Å². The number of ether oxygens (including phenoxy) is 1. The average molecular weight is 489 g/mol. The van der Waals surface area contributed by atoms with E-state index in [0.717, 1.165) is 28.5 Å². The molecule has 0 bridgehead atoms. The highest BCUT2D eigenvalue weighted by Crippen LogP contribution is 2.44. The molecule has 0 heterocycles. The van der Waals surface area contributed by atoms with Crippen LogP contribution in [0, 0.1) is 0 Å². The fraction of sp³-hybridized carbons (Fsp3) is 0.375. The van der Waals surface area contributed by atoms with Gasteiger partial charge in [0.1, 0.15) is 22.5 Å². The van der Waals surface area contributed by atoms with E-state index in [2.05, 4.69) is 10.6 Å². The second-order valence-electron chi connectivity index (χ2n) is 8.45. The Morgan fingerprint density at radius 3 is 2.09 bits per heavy atom. The average Bonchev–Trinajstić information content (AvgIpc) is 3.07. The molecule has 0 saturated carbocycles. The zero-order valence-corrected chi connectivity index (χ0v) is 19.8. The number of carboxylic acid groups (broad SMARTS) is 1. The lowest BCUT2D eigenvalue weighted by molar-refractivity contribution is -0.137. The van der Waals surface area contributed by atoms with E-state index in [-0.39, 0.29) is 31.1 Å². The maximum atomic E-state index is 12.6. The van der Waals surface area contributed by atoms with Crippen LogP contribution in [0.1, 0.15) is 36.8 Å². The molecule has 3 rings (SSSR count). The molecule has 0 aliphatic heterocycles. The molecule has 182 valence electrons. The minimum Gasteiger partial charge on any atom is -0.481 e. The molecule has 0 radical (unpaired) electrons. The van der Waals surface area contributed by atoms with Gasteiger partial charge in [0, 0.05) is 18.2 Å². The Hall–Kier alpha value is -3.40. The second-order valence-corrected chi connectivity index (χ2v) is 10.7. The van der Waals surface area contributed by atoms with Crippen LogP contribution >= 0.6 is 0 Å². The summed E-state index contributed by atoms with van der Waals surface area (Å²) in [6.45, 7) is 1.54. The number of carboxylic acids is 1. The van der Waals surface area contributed by atoms with Crippen molar-refractivity contribution in [2.75, 3.05) is 18.6 Å². The number of carbonyl (C=O) groups is 3. The third kappa shape index (κ3) is 6.57. The van der Waals surface area contributed by atoms with Crippen LogP contribution < -0.4 is 10.6 Å². The molecule has 3 N–H and O–H groups in total. The predicted octanol–water partition coefficient (Wildman–Crippen LogP) is 2.31. The first-order valence-corrected chi connectivity index (χ1v) is 12.9. The number of rotatable bonds is 10. The van der Waals surface area contributed by atoms with Gasteiger partial charge in [-0.15, -0.1) is 0 Å². The normalized spacial score (nSPS) is 14.4. The third-order valence-electron chi connectivity index (χ3n) is 5.60. The molecule has 0 fully saturated rings. The van der Waals surface area contributed by atoms with Crippen molar-refractivity contribution >= 4 is 27.8 Å². The first kappa shape index (κ1) is 25.2. The van der Waals surface area contributed by atoms with Crippen LogP contribution in [0.3, 0.4) is 0 Å². The van der Waals surface area contributed by atoms with Crippen LogP contribution in [0.25, 0.3) is 11.1 Å². The molecule has 1 aliphatic carbocycles. The van der Waals surface area contributed by atoms with Gasteiger partial charge >= 0.3 is 12.1 Å². The number of amides is 2. The lowest BCUT2D eigenvalue weighted by Gasteiger charge is -2.21. The number of aliphatic carboxylic acids is 1. The molecule has 34 heavy (non-hydrogen) atoms. The van der Waals surface area contributed by atoms with Gasteiger partial charge in [-0.25, -0.2) is 13.2 Å². The van der Waals surface area contributed by atoms with Gasteiger partial charge in [0.2, 0.25) is 5.91 Å². The summed E-state index contributed by atoms with van der Waals surface area (Å²) in [4.78, 5) is 36.0. The number of hydrogen-bond donors (Lipinski definition) is 3. The number of hydrogen-bond acceptors (Lipinski definition) is 6. The van der Waals surface area contributed by atoms with Crippen LogP contribution in [0.15, 0.2) is 48.5 Å². The van der Waals surface area contributed by atoms with E-state index < -0.39 is 39.9 Å². The van der Waals surface area contributed by atoms with E-state index in [1.807, 2.05) is 48.5 Å². The molecule has 9 nitrogen and oxygen atoms in total. The molecular weight excluding hydrogens is 460 g/mol. The quantitative estimate of drug-likeness (QED) is 0.466. The minimum atomic E-state index is -3.39. The Kier molecular flexibility index (Phi) is 7.93. The van der Waals surface area contributed by atoms with E-state index in [4.69, 9.17) is 9.84 Å². The number of nitrogens with one attached hydrogen (secondary N) is 2. The summed E-state index contributed by atoms with van der Waals surface area (Å²) in [6, 6.07) is 13.8. The van der Waals surface area contributed by atoms with Crippen LogP contribution in [0.2, 0.25) is 0 Å². The predicted molar refractivity (Wildman–Crippen MR) is 126 cm³/mol. The van der Waals surface area contributed by atoms with Gasteiger partial charge in [-0.1, -0.05) is 48.5 Å². The van der Waals surface area contributed by atoms with Gasteiger partial charge in [0.25, 0.3) is 0 Å². The van der Waals surface area contributed by atoms with Crippen LogP contribution in [-0.2, 0) is 24.2 Å². The van der Waals surface area contributed by atoms with Crippen molar-refractivity contribution in [1.29, 1.82) is 0 Å². The monoisotopic (exact) mass is 488 g/mol. The molecule has 1 unspecified atom stereocenters. The Labute approximate surface area is 198 Å². The summed E-state index contributed by atoms with van der Waals surface area (Å²) in [7, 11) is -3.39. The van der Waals surface area contributed by atoms with E-state index in [0.29, 0.717) is 0 Å². The molecular formula is C24H28N2O7S. The summed E-state index contributed by atoms with van der Waals surface area (Å²) in [5.41, 5.74) is 4.21. The summed E-state index contributed by atoms with van der Waals surface area (Å²) in [5.74, 6) is -2.27. The number of alkyl carbamates (subject to hydrolysis) is 1. The fourth-order valence-corrected chi connectivity index (χ4v) is 4.70. The Morgan fingerprint density at radius 1 is 1.00 bits per heavy atom. The van der Waals surface area contributed by atoms with Crippen molar-refractivity contribution in [1.82, 2.24) is 10.6 Å². The van der Waals surface area contributed by atoms with Gasteiger partial charge in [-0.2, -0.15) is 0 Å². The largest absolute Gasteiger partial charge is 0.481 e. The molecule has 2 aromatic rings. The van der Waals surface area contributed by atoms with Crippen LogP contribution in [-0.4, -0.2) is 62.2 Å². The first-order valence-electron chi connectivity index (χ1n) is 10.9. The molecule has 0 aromatic heterocycles. The topological polar surface area (TPSA) is 139 Å². The Bertz CT molecular complexity index is 1130. The van der Waals surface area contributed by atoms with E-state index >= 15 is 0 Å². The van der Waals surface area contributed by atoms with Gasteiger partial charge in [0.15, 0.2) is 0 Å². The first-order chi connectivity index (χ1) is 16.0. The Morgan fingerprint density at radius 2 is 1.56 bits per heavy atom. The van der Waals surface area contributed by atoms with E-state index in [1.165, 1.54) is 6.92 Å². The zero-order chi connectivity index (χ0) is 24.9. The highest BCUT2D eigenvalue weighted by Gasteiger charge is 2.30. The molecule has 2 atom stereocenters. The second kappa shape index (κ2) is 10.7. The standard InChI is InChI=1S/C24H28N2O7S/c1-15(13-22(27)28)25-23(29)21(11-12-34(2,31)32)26-24(30)33-14-20-18-9-5-3-7-16(18)17-8-4-6-10-19(17)20/h3-10,15,20-21H,11-14H2,1-2H3,(H,25,29)(H,26,30)(H,27,28)/t15-,21?/m1/s1. The summed E-state index contributed by atoms with van der Waals surface area (Å²) >= 11 is 0. The highest BCUT2D eigenvalue weighted by atomic mass is 32.2. The summed E-state index contributed by atoms with van der Waals surface area (Å²) < 4.78 is 28.6. The molecule has 10 heteroatoms. The number of sulfone groups is 1. The van der Waals surface area contributed by atoms with Crippen molar-refractivity contribution in [2.45, 2.75) is 37.8 Å². The number of fused-ring (bicyclic) bond motifs is 3. The van der Waals surface area contributed by atoms with Gasteiger partial charge in [-0.05, 0) is 35.6 Å². The molecule has 0 spiro atoms. The highest BCUT2D eigenvalue weighted by molar-refractivity contribution is 7.90. The third-order valence-corrected chi connectivity index (χ3v) is 6.58. The van der Waals surface area contributed by atoms with Crippen molar-refractivity contribution in [2.24, 2.45) is 0 Å². The smallest absolute Gasteiger partial charge is 0.407 e.